The van der Waals surface area contributed by atoms with E-state index in [0.717, 1.165) is 38.6 Å². The molecule has 2 heterocycles. The maximum Gasteiger partial charge on any atom is 0.0991 e. The third kappa shape index (κ3) is 4.31. The second-order valence-electron chi connectivity index (χ2n) is 11.9. The second kappa shape index (κ2) is 10.8. The van der Waals surface area contributed by atoms with Crippen LogP contribution < -0.4 is 0 Å². The second-order valence-corrected chi connectivity index (χ2v) is 11.9. The molecule has 218 valence electrons. The minimum Gasteiger partial charge on any atom is -0.309 e. The fourth-order valence-corrected chi connectivity index (χ4v) is 7.22. The van der Waals surface area contributed by atoms with Gasteiger partial charge >= 0.3 is 0 Å². The first-order valence-corrected chi connectivity index (χ1v) is 15.8. The van der Waals surface area contributed by atoms with Gasteiger partial charge in [0.1, 0.15) is 0 Å². The monoisotopic (exact) mass is 597 g/mol. The summed E-state index contributed by atoms with van der Waals surface area (Å²) in [6.45, 7) is 0. The summed E-state index contributed by atoms with van der Waals surface area (Å²) < 4.78 is 2.31. The SMILES string of the molecule is N#Cc1ccc2c(c1)c1cc(-c3c4ccccc4c(-c4cccnc4)c4ccccc34)ccc1n2-c1ccc(-c2ccccc2)cc1. The molecule has 0 spiro atoms. The van der Waals surface area contributed by atoms with Crippen LogP contribution in [0.4, 0.5) is 0 Å². The van der Waals surface area contributed by atoms with Gasteiger partial charge in [-0.05, 0) is 97.9 Å². The fourth-order valence-electron chi connectivity index (χ4n) is 7.22. The molecule has 0 fully saturated rings. The smallest absolute Gasteiger partial charge is 0.0991 e. The van der Waals surface area contributed by atoms with Gasteiger partial charge in [0.2, 0.25) is 0 Å². The lowest BCUT2D eigenvalue weighted by Gasteiger charge is -2.17. The van der Waals surface area contributed by atoms with Crippen LogP contribution in [-0.2, 0) is 0 Å². The number of aromatic nitrogens is 2. The first kappa shape index (κ1) is 26.9. The van der Waals surface area contributed by atoms with Crippen molar-refractivity contribution in [2.75, 3.05) is 0 Å². The molecule has 0 amide bonds. The van der Waals surface area contributed by atoms with Gasteiger partial charge in [-0.15, -0.1) is 0 Å². The van der Waals surface area contributed by atoms with E-state index in [0.29, 0.717) is 5.56 Å². The zero-order valence-corrected chi connectivity index (χ0v) is 25.4. The number of fused-ring (bicyclic) bond motifs is 5. The summed E-state index contributed by atoms with van der Waals surface area (Å²) >= 11 is 0. The van der Waals surface area contributed by atoms with E-state index in [9.17, 15) is 5.26 Å². The topological polar surface area (TPSA) is 41.6 Å². The van der Waals surface area contributed by atoms with Crippen molar-refractivity contribution in [1.29, 1.82) is 5.26 Å². The maximum atomic E-state index is 9.86. The Morgan fingerprint density at radius 3 is 1.60 bits per heavy atom. The standard InChI is InChI=1S/C44H27N3/c45-27-29-16-22-41-39(25-29)40-26-32(19-23-42(40)47(41)34-20-17-31(18-21-34)30-9-2-1-3-10-30)43-35-12-4-6-14-37(35)44(33-11-8-24-46-28-33)38-15-7-5-13-36(38)43/h1-26,28H. The van der Waals surface area contributed by atoms with Gasteiger partial charge in [0, 0.05) is 34.4 Å². The molecule has 7 aromatic carbocycles. The first-order chi connectivity index (χ1) is 23.3. The van der Waals surface area contributed by atoms with E-state index < -0.39 is 0 Å². The van der Waals surface area contributed by atoms with Crippen LogP contribution in [-0.4, -0.2) is 9.55 Å². The highest BCUT2D eigenvalue weighted by molar-refractivity contribution is 6.22. The van der Waals surface area contributed by atoms with E-state index in [-0.39, 0.29) is 0 Å². The molecule has 0 unspecified atom stereocenters. The van der Waals surface area contributed by atoms with Crippen LogP contribution in [0, 0.1) is 11.3 Å². The van der Waals surface area contributed by atoms with E-state index in [1.165, 1.54) is 43.8 Å². The first-order valence-electron chi connectivity index (χ1n) is 15.8. The van der Waals surface area contributed by atoms with Crippen molar-refractivity contribution in [3.63, 3.8) is 0 Å². The van der Waals surface area contributed by atoms with E-state index in [1.807, 2.05) is 36.7 Å². The highest BCUT2D eigenvalue weighted by Gasteiger charge is 2.19. The van der Waals surface area contributed by atoms with Crippen molar-refractivity contribution >= 4 is 43.4 Å². The van der Waals surface area contributed by atoms with Gasteiger partial charge in [-0.1, -0.05) is 103 Å². The molecule has 3 heteroatoms. The average molecular weight is 598 g/mol. The molecule has 0 saturated heterocycles. The Balaban J connectivity index is 1.31. The van der Waals surface area contributed by atoms with Gasteiger partial charge < -0.3 is 4.57 Å². The van der Waals surface area contributed by atoms with Gasteiger partial charge in [0.05, 0.1) is 22.7 Å². The highest BCUT2D eigenvalue weighted by atomic mass is 15.0. The molecule has 0 radical (unpaired) electrons. The Hall–Kier alpha value is -6.50. The van der Waals surface area contributed by atoms with Gasteiger partial charge in [0.15, 0.2) is 0 Å². The van der Waals surface area contributed by atoms with E-state index >= 15 is 0 Å². The Morgan fingerprint density at radius 1 is 0.447 bits per heavy atom. The van der Waals surface area contributed by atoms with Crippen molar-refractivity contribution in [2.24, 2.45) is 0 Å². The van der Waals surface area contributed by atoms with Gasteiger partial charge in [-0.25, -0.2) is 0 Å². The Kier molecular flexibility index (Phi) is 6.19. The highest BCUT2D eigenvalue weighted by Crippen LogP contribution is 2.45. The molecular formula is C44H27N3. The van der Waals surface area contributed by atoms with Crippen LogP contribution in [0.25, 0.3) is 82.4 Å². The van der Waals surface area contributed by atoms with Gasteiger partial charge in [-0.3, -0.25) is 4.98 Å². The molecule has 0 aliphatic rings. The minimum atomic E-state index is 0.651. The lowest BCUT2D eigenvalue weighted by molar-refractivity contribution is 1.18. The quantitative estimate of drug-likeness (QED) is 0.189. The van der Waals surface area contributed by atoms with E-state index in [1.54, 1.807) is 0 Å². The fraction of sp³-hybridized carbons (Fsp3) is 0. The van der Waals surface area contributed by atoms with Crippen LogP contribution >= 0.6 is 0 Å². The van der Waals surface area contributed by atoms with Crippen molar-refractivity contribution in [1.82, 2.24) is 9.55 Å². The third-order valence-electron chi connectivity index (χ3n) is 9.30. The predicted molar refractivity (Wildman–Crippen MR) is 195 cm³/mol. The van der Waals surface area contributed by atoms with Gasteiger partial charge in [0.25, 0.3) is 0 Å². The molecule has 0 N–H and O–H groups in total. The number of hydrogen-bond donors (Lipinski definition) is 0. The molecule has 0 aliphatic heterocycles. The largest absolute Gasteiger partial charge is 0.309 e. The van der Waals surface area contributed by atoms with Crippen molar-refractivity contribution in [3.8, 4) is 45.1 Å². The molecule has 9 aromatic rings. The van der Waals surface area contributed by atoms with E-state index in [4.69, 9.17) is 0 Å². The Labute approximate surface area is 272 Å². The number of benzene rings is 7. The van der Waals surface area contributed by atoms with E-state index in [2.05, 4.69) is 143 Å². The Morgan fingerprint density at radius 2 is 0.979 bits per heavy atom. The lowest BCUT2D eigenvalue weighted by atomic mass is 9.86. The molecule has 3 nitrogen and oxygen atoms in total. The summed E-state index contributed by atoms with van der Waals surface area (Å²) in [4.78, 5) is 4.45. The normalized spacial score (nSPS) is 11.4. The Bertz CT molecular complexity index is 2610. The summed E-state index contributed by atoms with van der Waals surface area (Å²) in [5, 5.41) is 16.8. The molecule has 9 rings (SSSR count). The molecule has 47 heavy (non-hydrogen) atoms. The number of nitriles is 1. The summed E-state index contributed by atoms with van der Waals surface area (Å²) in [5.74, 6) is 0. The molecule has 0 atom stereocenters. The lowest BCUT2D eigenvalue weighted by Crippen LogP contribution is -1.94. The van der Waals surface area contributed by atoms with Gasteiger partial charge in [-0.2, -0.15) is 5.26 Å². The third-order valence-corrected chi connectivity index (χ3v) is 9.30. The number of rotatable bonds is 4. The van der Waals surface area contributed by atoms with Crippen molar-refractivity contribution in [3.05, 3.63) is 170 Å². The van der Waals surface area contributed by atoms with Crippen LogP contribution in [0.1, 0.15) is 5.56 Å². The van der Waals surface area contributed by atoms with Crippen LogP contribution in [0.3, 0.4) is 0 Å². The summed E-state index contributed by atoms with van der Waals surface area (Å²) in [6.07, 6.45) is 3.78. The van der Waals surface area contributed by atoms with Crippen LogP contribution in [0.5, 0.6) is 0 Å². The zero-order chi connectivity index (χ0) is 31.3. The minimum absolute atomic E-state index is 0.651. The number of pyridine rings is 1. The number of nitrogens with zero attached hydrogens (tertiary/aromatic N) is 3. The number of hydrogen-bond acceptors (Lipinski definition) is 2. The summed E-state index contributed by atoms with van der Waals surface area (Å²) in [7, 11) is 0. The molecule has 0 saturated carbocycles. The zero-order valence-electron chi connectivity index (χ0n) is 25.4. The molecule has 2 aromatic heterocycles. The maximum absolute atomic E-state index is 9.86. The predicted octanol–water partition coefficient (Wildman–Crippen LogP) is 11.4. The van der Waals surface area contributed by atoms with Crippen LogP contribution in [0.2, 0.25) is 0 Å². The summed E-state index contributed by atoms with van der Waals surface area (Å²) in [5.41, 5.74) is 10.9. The van der Waals surface area contributed by atoms with Crippen LogP contribution in [0.15, 0.2) is 164 Å². The van der Waals surface area contributed by atoms with Crippen molar-refractivity contribution < 1.29 is 0 Å². The molecular weight excluding hydrogens is 571 g/mol. The van der Waals surface area contributed by atoms with Crippen molar-refractivity contribution in [2.45, 2.75) is 0 Å². The molecule has 0 bridgehead atoms. The summed E-state index contributed by atoms with van der Waals surface area (Å²) in [6, 6.07) is 55.9. The average Bonchev–Trinajstić information content (AvgIpc) is 3.47. The molecule has 0 aliphatic carbocycles.